The molecule has 3 heterocycles. The predicted molar refractivity (Wildman–Crippen MR) is 100 cm³/mol. The first-order valence-corrected chi connectivity index (χ1v) is 9.12. The molecule has 7 nitrogen and oxygen atoms in total. The van der Waals surface area contributed by atoms with Crippen LogP contribution >= 0.6 is 0 Å². The number of hydrogen-bond acceptors (Lipinski definition) is 5. The van der Waals surface area contributed by atoms with Crippen molar-refractivity contribution in [3.8, 4) is 0 Å². The van der Waals surface area contributed by atoms with Gasteiger partial charge in [-0.1, -0.05) is 0 Å². The molecule has 1 fully saturated rings. The normalized spacial score (nSPS) is 17.1. The minimum atomic E-state index is -0.786. The number of fused-ring (bicyclic) bond motifs is 1. The highest BCUT2D eigenvalue weighted by atomic mass is 19.1. The molecule has 1 unspecified atom stereocenters. The molecule has 0 bridgehead atoms. The van der Waals surface area contributed by atoms with E-state index in [0.29, 0.717) is 18.7 Å². The van der Waals surface area contributed by atoms with E-state index in [-0.39, 0.29) is 17.5 Å². The highest BCUT2D eigenvalue weighted by molar-refractivity contribution is 5.93. The van der Waals surface area contributed by atoms with E-state index >= 15 is 0 Å². The summed E-state index contributed by atoms with van der Waals surface area (Å²) in [5.74, 6) is -0.702. The average Bonchev–Trinajstić information content (AvgIpc) is 3.12. The average molecular weight is 386 g/mol. The lowest BCUT2D eigenvalue weighted by Crippen LogP contribution is -2.42. The van der Waals surface area contributed by atoms with E-state index in [9.17, 15) is 13.6 Å². The number of nitrogens with zero attached hydrogens (tertiary/aromatic N) is 5. The lowest BCUT2D eigenvalue weighted by atomic mass is 9.96. The van der Waals surface area contributed by atoms with Crippen LogP contribution in [0.25, 0.3) is 5.78 Å². The maximum absolute atomic E-state index is 13.9. The molecule has 28 heavy (non-hydrogen) atoms. The molecule has 3 aromatic rings. The number of piperidine rings is 1. The fraction of sp³-hybridized carbons (Fsp3) is 0.368. The minimum Gasteiger partial charge on any atom is -0.355 e. The van der Waals surface area contributed by atoms with Crippen molar-refractivity contribution in [2.45, 2.75) is 26.7 Å². The molecule has 146 valence electrons. The van der Waals surface area contributed by atoms with Gasteiger partial charge in [0.15, 0.2) is 0 Å². The van der Waals surface area contributed by atoms with Crippen LogP contribution in [0.2, 0.25) is 0 Å². The Bertz CT molecular complexity index is 1050. The Morgan fingerprint density at radius 1 is 1.29 bits per heavy atom. The number of aromatic nitrogens is 4. The number of amides is 1. The molecule has 1 N–H and O–H groups in total. The largest absolute Gasteiger partial charge is 0.355 e. The van der Waals surface area contributed by atoms with E-state index in [4.69, 9.17) is 0 Å². The van der Waals surface area contributed by atoms with Gasteiger partial charge in [0, 0.05) is 30.4 Å². The number of rotatable bonds is 3. The standard InChI is InChI=1S/C19H20F2N6O/c1-11-12(2)24-19-22-10-23-27(19)18(11)26-7-3-4-13(9-26)17(28)25-16-6-5-14(20)8-15(16)21/h5-6,8,10,13H,3-4,7,9H2,1-2H3,(H,25,28). The smallest absolute Gasteiger partial charge is 0.254 e. The number of benzene rings is 1. The van der Waals surface area contributed by atoms with Crippen LogP contribution in [0.5, 0.6) is 0 Å². The molecule has 2 aromatic heterocycles. The highest BCUT2D eigenvalue weighted by Gasteiger charge is 2.29. The van der Waals surface area contributed by atoms with E-state index in [1.807, 2.05) is 13.8 Å². The van der Waals surface area contributed by atoms with Crippen LogP contribution < -0.4 is 10.2 Å². The molecule has 1 atom stereocenters. The first-order valence-electron chi connectivity index (χ1n) is 9.12. The van der Waals surface area contributed by atoms with Crippen LogP contribution in [0, 0.1) is 31.4 Å². The van der Waals surface area contributed by atoms with Gasteiger partial charge in [-0.25, -0.2) is 13.8 Å². The Kier molecular flexibility index (Phi) is 4.66. The molecule has 0 spiro atoms. The Balaban J connectivity index is 1.57. The number of nitrogens with one attached hydrogen (secondary N) is 1. The van der Waals surface area contributed by atoms with Gasteiger partial charge in [0.25, 0.3) is 5.78 Å². The molecule has 1 aromatic carbocycles. The Labute approximate surface area is 160 Å². The van der Waals surface area contributed by atoms with Gasteiger partial charge in [-0.3, -0.25) is 4.79 Å². The highest BCUT2D eigenvalue weighted by Crippen LogP contribution is 2.28. The molecule has 1 aliphatic heterocycles. The number of halogens is 2. The molecular weight excluding hydrogens is 366 g/mol. The number of carbonyl (C=O) groups is 1. The van der Waals surface area contributed by atoms with Crippen molar-refractivity contribution in [3.63, 3.8) is 0 Å². The lowest BCUT2D eigenvalue weighted by molar-refractivity contribution is -0.120. The zero-order valence-electron chi connectivity index (χ0n) is 15.6. The second kappa shape index (κ2) is 7.14. The van der Waals surface area contributed by atoms with Crippen molar-refractivity contribution in [2.75, 3.05) is 23.3 Å². The molecule has 0 aliphatic carbocycles. The zero-order valence-corrected chi connectivity index (χ0v) is 15.6. The molecule has 4 rings (SSSR count). The maximum atomic E-state index is 13.9. The Morgan fingerprint density at radius 3 is 2.89 bits per heavy atom. The summed E-state index contributed by atoms with van der Waals surface area (Å²) in [5.41, 5.74) is 1.82. The van der Waals surface area contributed by atoms with Crippen molar-refractivity contribution in [3.05, 3.63) is 47.4 Å². The first-order chi connectivity index (χ1) is 13.4. The SMILES string of the molecule is Cc1nc2ncnn2c(N2CCCC(C(=O)Nc3ccc(F)cc3F)C2)c1C. The molecule has 9 heteroatoms. The zero-order chi connectivity index (χ0) is 19.8. The third-order valence-corrected chi connectivity index (χ3v) is 5.16. The third-order valence-electron chi connectivity index (χ3n) is 5.16. The molecule has 0 radical (unpaired) electrons. The summed E-state index contributed by atoms with van der Waals surface area (Å²) in [6.45, 7) is 5.12. The van der Waals surface area contributed by atoms with E-state index in [1.54, 1.807) is 4.52 Å². The van der Waals surface area contributed by atoms with Crippen LogP contribution in [0.3, 0.4) is 0 Å². The molecule has 0 saturated carbocycles. The van der Waals surface area contributed by atoms with Gasteiger partial charge in [0.1, 0.15) is 23.8 Å². The number of aryl methyl sites for hydroxylation is 1. The Hall–Kier alpha value is -3.10. The molecular formula is C19H20F2N6O. The quantitative estimate of drug-likeness (QED) is 0.749. The number of carbonyl (C=O) groups excluding carboxylic acids is 1. The van der Waals surface area contributed by atoms with E-state index in [0.717, 1.165) is 42.2 Å². The second-order valence-electron chi connectivity index (χ2n) is 7.02. The summed E-state index contributed by atoms with van der Waals surface area (Å²) >= 11 is 0. The van der Waals surface area contributed by atoms with Crippen molar-refractivity contribution in [1.29, 1.82) is 0 Å². The van der Waals surface area contributed by atoms with Crippen LogP contribution in [-0.2, 0) is 4.79 Å². The van der Waals surface area contributed by atoms with E-state index < -0.39 is 11.6 Å². The fourth-order valence-corrected chi connectivity index (χ4v) is 3.60. The first kappa shape index (κ1) is 18.3. The summed E-state index contributed by atoms with van der Waals surface area (Å²) in [6.07, 6.45) is 2.95. The van der Waals surface area contributed by atoms with E-state index in [2.05, 4.69) is 25.3 Å². The van der Waals surface area contributed by atoms with Crippen molar-refractivity contribution < 1.29 is 13.6 Å². The van der Waals surface area contributed by atoms with Crippen LogP contribution in [0.4, 0.5) is 20.3 Å². The van der Waals surface area contributed by atoms with Gasteiger partial charge in [-0.05, 0) is 38.8 Å². The summed E-state index contributed by atoms with van der Waals surface area (Å²) < 4.78 is 28.6. The summed E-state index contributed by atoms with van der Waals surface area (Å²) in [4.78, 5) is 23.4. The molecule has 1 amide bonds. The fourth-order valence-electron chi connectivity index (χ4n) is 3.60. The van der Waals surface area contributed by atoms with Gasteiger partial charge >= 0.3 is 0 Å². The molecule has 1 saturated heterocycles. The monoisotopic (exact) mass is 386 g/mol. The lowest BCUT2D eigenvalue weighted by Gasteiger charge is -2.34. The summed E-state index contributed by atoms with van der Waals surface area (Å²) in [6, 6.07) is 3.11. The number of anilines is 2. The number of hydrogen-bond donors (Lipinski definition) is 1. The predicted octanol–water partition coefficient (Wildman–Crippen LogP) is 2.87. The third kappa shape index (κ3) is 3.28. The minimum absolute atomic E-state index is 0.0156. The summed E-state index contributed by atoms with van der Waals surface area (Å²) in [7, 11) is 0. The summed E-state index contributed by atoms with van der Waals surface area (Å²) in [5, 5.41) is 6.85. The molecule has 1 aliphatic rings. The van der Waals surface area contributed by atoms with Crippen LogP contribution in [-0.4, -0.2) is 38.6 Å². The van der Waals surface area contributed by atoms with Crippen molar-refractivity contribution in [2.24, 2.45) is 5.92 Å². The van der Waals surface area contributed by atoms with Gasteiger partial charge < -0.3 is 10.2 Å². The van der Waals surface area contributed by atoms with Gasteiger partial charge in [-0.2, -0.15) is 14.6 Å². The van der Waals surface area contributed by atoms with Crippen LogP contribution in [0.15, 0.2) is 24.5 Å². The second-order valence-corrected chi connectivity index (χ2v) is 7.02. The van der Waals surface area contributed by atoms with Gasteiger partial charge in [0.05, 0.1) is 11.6 Å². The van der Waals surface area contributed by atoms with Gasteiger partial charge in [-0.15, -0.1) is 0 Å². The van der Waals surface area contributed by atoms with Gasteiger partial charge in [0.2, 0.25) is 5.91 Å². The van der Waals surface area contributed by atoms with E-state index in [1.165, 1.54) is 12.4 Å². The van der Waals surface area contributed by atoms with Crippen molar-refractivity contribution >= 4 is 23.2 Å². The Morgan fingerprint density at radius 2 is 2.11 bits per heavy atom. The topological polar surface area (TPSA) is 75.4 Å². The van der Waals surface area contributed by atoms with Crippen LogP contribution in [0.1, 0.15) is 24.1 Å². The van der Waals surface area contributed by atoms with Crippen molar-refractivity contribution in [1.82, 2.24) is 19.6 Å². The maximum Gasteiger partial charge on any atom is 0.254 e.